The lowest BCUT2D eigenvalue weighted by Gasteiger charge is -2.09. The Kier molecular flexibility index (Phi) is 4.46. The normalized spacial score (nSPS) is 10.2. The Morgan fingerprint density at radius 3 is 2.95 bits per heavy atom. The number of hydrogen-bond acceptors (Lipinski definition) is 5. The van der Waals surface area contributed by atoms with E-state index in [4.69, 9.17) is 0 Å². The van der Waals surface area contributed by atoms with Crippen LogP contribution in [0.25, 0.3) is 0 Å². The number of hydrogen-bond donors (Lipinski definition) is 2. The predicted octanol–water partition coefficient (Wildman–Crippen LogP) is 2.21. The average Bonchev–Trinajstić information content (AvgIpc) is 2.83. The molecular formula is C13H16N4OS. The average molecular weight is 276 g/mol. The molecule has 0 aromatic carbocycles. The van der Waals surface area contributed by atoms with Crippen LogP contribution in [-0.4, -0.2) is 22.4 Å². The lowest BCUT2D eigenvalue weighted by molar-refractivity contribution is 0.0952. The lowest BCUT2D eigenvalue weighted by Crippen LogP contribution is -2.23. The lowest BCUT2D eigenvalue weighted by atomic mass is 10.2. The molecule has 2 N–H and O–H groups in total. The number of anilines is 1. The number of thiazole rings is 1. The number of nitrogens with one attached hydrogen (secondary N) is 2. The van der Waals surface area contributed by atoms with Gasteiger partial charge in [-0.15, -0.1) is 11.3 Å². The standard InChI is InChI=1S/C13H16N4OS/c1-3-15-12-8-14-5-4-11(12)13(18)17-7-10-6-16-9(2)19-10/h4-6,8,15H,3,7H2,1-2H3,(H,17,18). The van der Waals surface area contributed by atoms with Gasteiger partial charge in [0.25, 0.3) is 5.91 Å². The van der Waals surface area contributed by atoms with Crippen molar-refractivity contribution in [2.24, 2.45) is 0 Å². The fraction of sp³-hybridized carbons (Fsp3) is 0.308. The highest BCUT2D eigenvalue weighted by Gasteiger charge is 2.11. The van der Waals surface area contributed by atoms with Gasteiger partial charge in [-0.1, -0.05) is 0 Å². The van der Waals surface area contributed by atoms with E-state index in [0.717, 1.165) is 22.1 Å². The van der Waals surface area contributed by atoms with Crippen LogP contribution < -0.4 is 10.6 Å². The first-order valence-electron chi connectivity index (χ1n) is 6.08. The van der Waals surface area contributed by atoms with E-state index < -0.39 is 0 Å². The molecule has 0 saturated heterocycles. The number of aromatic nitrogens is 2. The Morgan fingerprint density at radius 1 is 1.42 bits per heavy atom. The van der Waals surface area contributed by atoms with Crippen molar-refractivity contribution in [2.45, 2.75) is 20.4 Å². The number of amides is 1. The maximum Gasteiger partial charge on any atom is 0.253 e. The topological polar surface area (TPSA) is 66.9 Å². The second-order valence-electron chi connectivity index (χ2n) is 3.98. The van der Waals surface area contributed by atoms with Crippen LogP contribution in [0.4, 0.5) is 5.69 Å². The van der Waals surface area contributed by atoms with Gasteiger partial charge in [0.15, 0.2) is 0 Å². The quantitative estimate of drug-likeness (QED) is 0.878. The summed E-state index contributed by atoms with van der Waals surface area (Å²) >= 11 is 1.59. The van der Waals surface area contributed by atoms with Gasteiger partial charge in [0.1, 0.15) is 0 Å². The van der Waals surface area contributed by atoms with Crippen molar-refractivity contribution in [1.29, 1.82) is 0 Å². The highest BCUT2D eigenvalue weighted by atomic mass is 32.1. The molecule has 2 aromatic rings. The first-order chi connectivity index (χ1) is 9.20. The molecule has 0 saturated carbocycles. The van der Waals surface area contributed by atoms with Crippen molar-refractivity contribution in [3.05, 3.63) is 40.1 Å². The van der Waals surface area contributed by atoms with E-state index in [0.29, 0.717) is 12.1 Å². The van der Waals surface area contributed by atoms with Gasteiger partial charge in [0, 0.05) is 23.8 Å². The van der Waals surface area contributed by atoms with Gasteiger partial charge in [-0.2, -0.15) is 0 Å². The molecule has 1 amide bonds. The minimum absolute atomic E-state index is 0.107. The first kappa shape index (κ1) is 13.5. The summed E-state index contributed by atoms with van der Waals surface area (Å²) in [5, 5.41) is 7.02. The van der Waals surface area contributed by atoms with E-state index in [1.807, 2.05) is 13.8 Å². The third kappa shape index (κ3) is 3.51. The molecule has 19 heavy (non-hydrogen) atoms. The van der Waals surface area contributed by atoms with Crippen LogP contribution in [0.3, 0.4) is 0 Å². The van der Waals surface area contributed by atoms with Crippen molar-refractivity contribution >= 4 is 22.9 Å². The van der Waals surface area contributed by atoms with Gasteiger partial charge in [-0.3, -0.25) is 9.78 Å². The minimum atomic E-state index is -0.107. The zero-order valence-electron chi connectivity index (χ0n) is 10.9. The van der Waals surface area contributed by atoms with Gasteiger partial charge in [-0.05, 0) is 19.9 Å². The Labute approximate surface area is 116 Å². The molecule has 2 rings (SSSR count). The van der Waals surface area contributed by atoms with Gasteiger partial charge < -0.3 is 10.6 Å². The van der Waals surface area contributed by atoms with Crippen LogP contribution in [0.2, 0.25) is 0 Å². The van der Waals surface area contributed by atoms with Crippen molar-refractivity contribution < 1.29 is 4.79 Å². The maximum absolute atomic E-state index is 12.1. The monoisotopic (exact) mass is 276 g/mol. The van der Waals surface area contributed by atoms with E-state index in [9.17, 15) is 4.79 Å². The molecule has 0 aliphatic rings. The smallest absolute Gasteiger partial charge is 0.253 e. The molecule has 0 bridgehead atoms. The van der Waals surface area contributed by atoms with E-state index in [1.54, 1.807) is 36.0 Å². The summed E-state index contributed by atoms with van der Waals surface area (Å²) in [4.78, 5) is 21.3. The zero-order valence-corrected chi connectivity index (χ0v) is 11.8. The number of carbonyl (C=O) groups excluding carboxylic acids is 1. The summed E-state index contributed by atoms with van der Waals surface area (Å²) in [5.41, 5.74) is 1.36. The SMILES string of the molecule is CCNc1cnccc1C(=O)NCc1cnc(C)s1. The molecule has 0 spiro atoms. The largest absolute Gasteiger partial charge is 0.383 e. The Hall–Kier alpha value is -1.95. The fourth-order valence-electron chi connectivity index (χ4n) is 1.67. The highest BCUT2D eigenvalue weighted by molar-refractivity contribution is 7.11. The molecule has 0 radical (unpaired) electrons. The molecule has 2 heterocycles. The van der Waals surface area contributed by atoms with Crippen molar-refractivity contribution in [3.63, 3.8) is 0 Å². The third-order valence-electron chi connectivity index (χ3n) is 2.53. The second-order valence-corrected chi connectivity index (χ2v) is 5.30. The molecule has 0 unspecified atom stereocenters. The third-order valence-corrected chi connectivity index (χ3v) is 3.44. The van der Waals surface area contributed by atoms with Crippen LogP contribution in [-0.2, 0) is 6.54 Å². The van der Waals surface area contributed by atoms with Crippen molar-refractivity contribution in [2.75, 3.05) is 11.9 Å². The van der Waals surface area contributed by atoms with Gasteiger partial charge >= 0.3 is 0 Å². The van der Waals surface area contributed by atoms with E-state index in [1.165, 1.54) is 0 Å². The molecule has 0 fully saturated rings. The number of pyridine rings is 1. The fourth-order valence-corrected chi connectivity index (χ4v) is 2.41. The van der Waals surface area contributed by atoms with Crippen LogP contribution in [0.1, 0.15) is 27.2 Å². The number of carbonyl (C=O) groups is 1. The second kappa shape index (κ2) is 6.29. The van der Waals surface area contributed by atoms with Crippen LogP contribution >= 0.6 is 11.3 Å². The maximum atomic E-state index is 12.1. The summed E-state index contributed by atoms with van der Waals surface area (Å²) < 4.78 is 0. The highest BCUT2D eigenvalue weighted by Crippen LogP contribution is 2.14. The van der Waals surface area contributed by atoms with Crippen LogP contribution in [0.15, 0.2) is 24.7 Å². The first-order valence-corrected chi connectivity index (χ1v) is 6.89. The summed E-state index contributed by atoms with van der Waals surface area (Å²) in [5.74, 6) is -0.107. The molecule has 2 aromatic heterocycles. The molecule has 6 heteroatoms. The molecular weight excluding hydrogens is 260 g/mol. The number of nitrogens with zero attached hydrogens (tertiary/aromatic N) is 2. The zero-order chi connectivity index (χ0) is 13.7. The molecule has 100 valence electrons. The molecule has 0 aliphatic carbocycles. The Balaban J connectivity index is 2.03. The van der Waals surface area contributed by atoms with Crippen molar-refractivity contribution in [1.82, 2.24) is 15.3 Å². The van der Waals surface area contributed by atoms with Gasteiger partial charge in [0.2, 0.25) is 0 Å². The molecule has 0 atom stereocenters. The van der Waals surface area contributed by atoms with Gasteiger partial charge in [0.05, 0.1) is 29.0 Å². The summed E-state index contributed by atoms with van der Waals surface area (Å²) in [6.07, 6.45) is 5.07. The predicted molar refractivity (Wildman–Crippen MR) is 76.4 cm³/mol. The van der Waals surface area contributed by atoms with E-state index in [-0.39, 0.29) is 5.91 Å². The van der Waals surface area contributed by atoms with E-state index >= 15 is 0 Å². The van der Waals surface area contributed by atoms with Crippen LogP contribution in [0.5, 0.6) is 0 Å². The Bertz CT molecular complexity index is 567. The number of rotatable bonds is 5. The minimum Gasteiger partial charge on any atom is -0.383 e. The Morgan fingerprint density at radius 2 is 2.26 bits per heavy atom. The van der Waals surface area contributed by atoms with Gasteiger partial charge in [-0.25, -0.2) is 4.98 Å². The van der Waals surface area contributed by atoms with Crippen LogP contribution in [0, 0.1) is 6.92 Å². The molecule has 0 aliphatic heterocycles. The summed E-state index contributed by atoms with van der Waals surface area (Å²) in [6.45, 7) is 5.18. The van der Waals surface area contributed by atoms with Crippen molar-refractivity contribution in [3.8, 4) is 0 Å². The molecule has 5 nitrogen and oxygen atoms in total. The number of aryl methyl sites for hydroxylation is 1. The summed E-state index contributed by atoms with van der Waals surface area (Å²) in [6, 6.07) is 1.71. The van der Waals surface area contributed by atoms with E-state index in [2.05, 4.69) is 20.6 Å². The summed E-state index contributed by atoms with van der Waals surface area (Å²) in [7, 11) is 0.